The Hall–Kier alpha value is -0.250. The molecule has 1 aromatic rings. The number of hydrogen-bond acceptors (Lipinski definition) is 2. The molecule has 0 bridgehead atoms. The van der Waals surface area contributed by atoms with E-state index in [1.165, 1.54) is 0 Å². The first-order valence-corrected chi connectivity index (χ1v) is 2.56. The van der Waals surface area contributed by atoms with E-state index in [9.17, 15) is 0 Å². The van der Waals surface area contributed by atoms with Crippen molar-refractivity contribution >= 4 is 24.8 Å². The Morgan fingerprint density at radius 2 is 2.30 bits per heavy atom. The van der Waals surface area contributed by atoms with Crippen molar-refractivity contribution in [3.05, 3.63) is 18.2 Å². The fourth-order valence-corrected chi connectivity index (χ4v) is 0.562. The van der Waals surface area contributed by atoms with Gasteiger partial charge in [0.1, 0.15) is 5.82 Å². The first-order chi connectivity index (χ1) is 3.93. The molecule has 0 unspecified atom stereocenters. The van der Waals surface area contributed by atoms with E-state index in [2.05, 4.69) is 15.3 Å². The van der Waals surface area contributed by atoms with Crippen molar-refractivity contribution in [3.63, 3.8) is 0 Å². The predicted molar refractivity (Wildman–Crippen MR) is 45.8 cm³/mol. The van der Waals surface area contributed by atoms with Crippen LogP contribution in [-0.4, -0.2) is 17.0 Å². The molecule has 0 aliphatic carbocycles. The van der Waals surface area contributed by atoms with Crippen LogP contribution in [-0.2, 0) is 6.54 Å². The minimum atomic E-state index is 0. The number of hydrogen-bond donors (Lipinski definition) is 2. The van der Waals surface area contributed by atoms with Crippen LogP contribution in [0.2, 0.25) is 0 Å². The van der Waals surface area contributed by atoms with Gasteiger partial charge < -0.3 is 10.3 Å². The minimum absolute atomic E-state index is 0. The SMILES string of the molecule is CNCc1ncc[nH]1.Cl.Cl. The molecule has 0 aliphatic heterocycles. The van der Waals surface area contributed by atoms with Gasteiger partial charge in [0.15, 0.2) is 0 Å². The van der Waals surface area contributed by atoms with E-state index in [-0.39, 0.29) is 24.8 Å². The molecule has 0 saturated heterocycles. The number of aromatic nitrogens is 2. The summed E-state index contributed by atoms with van der Waals surface area (Å²) in [5, 5.41) is 2.98. The van der Waals surface area contributed by atoms with E-state index in [1.54, 1.807) is 6.20 Å². The summed E-state index contributed by atoms with van der Waals surface area (Å²) < 4.78 is 0. The molecule has 0 radical (unpaired) electrons. The van der Waals surface area contributed by atoms with Crippen LogP contribution in [0.3, 0.4) is 0 Å². The van der Waals surface area contributed by atoms with Gasteiger partial charge in [-0.3, -0.25) is 0 Å². The average Bonchev–Trinajstić information content (AvgIpc) is 2.19. The van der Waals surface area contributed by atoms with Crippen molar-refractivity contribution in [2.75, 3.05) is 7.05 Å². The maximum absolute atomic E-state index is 3.99. The molecule has 0 saturated carbocycles. The summed E-state index contributed by atoms with van der Waals surface area (Å²) in [6.45, 7) is 0.812. The molecule has 1 heterocycles. The quantitative estimate of drug-likeness (QED) is 0.718. The smallest absolute Gasteiger partial charge is 0.120 e. The Morgan fingerprint density at radius 3 is 2.70 bits per heavy atom. The number of H-pyrrole nitrogens is 1. The van der Waals surface area contributed by atoms with E-state index in [0.717, 1.165) is 12.4 Å². The zero-order valence-electron chi connectivity index (χ0n) is 5.63. The van der Waals surface area contributed by atoms with Gasteiger partial charge in [0.05, 0.1) is 6.54 Å². The maximum Gasteiger partial charge on any atom is 0.120 e. The molecule has 0 aromatic carbocycles. The third kappa shape index (κ3) is 3.71. The molecule has 0 aliphatic rings. The lowest BCUT2D eigenvalue weighted by molar-refractivity contribution is 0.772. The fraction of sp³-hybridized carbons (Fsp3) is 0.400. The van der Waals surface area contributed by atoms with E-state index in [4.69, 9.17) is 0 Å². The highest BCUT2D eigenvalue weighted by Crippen LogP contribution is 1.83. The highest BCUT2D eigenvalue weighted by Gasteiger charge is 1.86. The lowest BCUT2D eigenvalue weighted by Crippen LogP contribution is -2.05. The molecule has 0 amide bonds. The van der Waals surface area contributed by atoms with Gasteiger partial charge >= 0.3 is 0 Å². The zero-order chi connectivity index (χ0) is 5.82. The summed E-state index contributed by atoms with van der Waals surface area (Å²) in [6, 6.07) is 0. The minimum Gasteiger partial charge on any atom is -0.348 e. The molecule has 0 spiro atoms. The van der Waals surface area contributed by atoms with Crippen LogP contribution in [0.5, 0.6) is 0 Å². The van der Waals surface area contributed by atoms with E-state index in [0.29, 0.717) is 0 Å². The van der Waals surface area contributed by atoms with Gasteiger partial charge in [-0.25, -0.2) is 4.98 Å². The fourth-order valence-electron chi connectivity index (χ4n) is 0.562. The van der Waals surface area contributed by atoms with E-state index >= 15 is 0 Å². The lowest BCUT2D eigenvalue weighted by atomic mass is 10.6. The van der Waals surface area contributed by atoms with Gasteiger partial charge in [-0.15, -0.1) is 24.8 Å². The molecular weight excluding hydrogens is 173 g/mol. The van der Waals surface area contributed by atoms with Crippen molar-refractivity contribution in [1.29, 1.82) is 0 Å². The summed E-state index contributed by atoms with van der Waals surface area (Å²) in [5.74, 6) is 0.979. The van der Waals surface area contributed by atoms with Crippen molar-refractivity contribution in [1.82, 2.24) is 15.3 Å². The first kappa shape index (κ1) is 12.4. The Morgan fingerprint density at radius 1 is 1.60 bits per heavy atom. The second kappa shape index (κ2) is 6.86. The van der Waals surface area contributed by atoms with Crippen molar-refractivity contribution in [2.24, 2.45) is 0 Å². The number of rotatable bonds is 2. The van der Waals surface area contributed by atoms with Gasteiger partial charge in [-0.05, 0) is 7.05 Å². The molecule has 10 heavy (non-hydrogen) atoms. The van der Waals surface area contributed by atoms with E-state index in [1.807, 2.05) is 13.2 Å². The van der Waals surface area contributed by atoms with Gasteiger partial charge in [0.2, 0.25) is 0 Å². The monoisotopic (exact) mass is 183 g/mol. The molecular formula is C5H11Cl2N3. The second-order valence-electron chi connectivity index (χ2n) is 1.57. The summed E-state index contributed by atoms with van der Waals surface area (Å²) in [5.41, 5.74) is 0. The van der Waals surface area contributed by atoms with Gasteiger partial charge in [0.25, 0.3) is 0 Å². The summed E-state index contributed by atoms with van der Waals surface area (Å²) in [6.07, 6.45) is 3.55. The topological polar surface area (TPSA) is 40.7 Å². The number of nitrogens with zero attached hydrogens (tertiary/aromatic N) is 1. The number of aromatic amines is 1. The Bertz CT molecular complexity index is 141. The first-order valence-electron chi connectivity index (χ1n) is 2.56. The molecule has 1 rings (SSSR count). The maximum atomic E-state index is 3.99. The molecule has 3 nitrogen and oxygen atoms in total. The molecule has 1 aromatic heterocycles. The largest absolute Gasteiger partial charge is 0.348 e. The van der Waals surface area contributed by atoms with Crippen LogP contribution >= 0.6 is 24.8 Å². The Balaban J connectivity index is 0. The third-order valence-corrected chi connectivity index (χ3v) is 0.899. The van der Waals surface area contributed by atoms with Crippen LogP contribution < -0.4 is 5.32 Å². The lowest BCUT2D eigenvalue weighted by Gasteiger charge is -1.89. The predicted octanol–water partition coefficient (Wildman–Crippen LogP) is 0.973. The zero-order valence-corrected chi connectivity index (χ0v) is 7.26. The van der Waals surface area contributed by atoms with Crippen LogP contribution in [0.25, 0.3) is 0 Å². The number of nitrogens with one attached hydrogen (secondary N) is 2. The molecule has 2 N–H and O–H groups in total. The second-order valence-corrected chi connectivity index (χ2v) is 1.57. The van der Waals surface area contributed by atoms with Gasteiger partial charge in [-0.2, -0.15) is 0 Å². The Kier molecular flexibility index (Phi) is 8.53. The number of halogens is 2. The highest BCUT2D eigenvalue weighted by atomic mass is 35.5. The molecule has 0 fully saturated rings. The number of imidazole rings is 1. The molecule has 5 heteroatoms. The van der Waals surface area contributed by atoms with Crippen LogP contribution in [0.1, 0.15) is 5.82 Å². The normalized spacial score (nSPS) is 7.70. The summed E-state index contributed by atoms with van der Waals surface area (Å²) >= 11 is 0. The Labute approximate surface area is 72.4 Å². The van der Waals surface area contributed by atoms with Crippen LogP contribution in [0, 0.1) is 0 Å². The molecule has 60 valence electrons. The summed E-state index contributed by atoms with van der Waals surface area (Å²) in [4.78, 5) is 6.95. The van der Waals surface area contributed by atoms with Crippen molar-refractivity contribution < 1.29 is 0 Å². The van der Waals surface area contributed by atoms with Crippen molar-refractivity contribution in [3.8, 4) is 0 Å². The van der Waals surface area contributed by atoms with Crippen LogP contribution in [0.15, 0.2) is 12.4 Å². The van der Waals surface area contributed by atoms with Gasteiger partial charge in [0, 0.05) is 12.4 Å². The van der Waals surface area contributed by atoms with Crippen molar-refractivity contribution in [2.45, 2.75) is 6.54 Å². The average molecular weight is 184 g/mol. The molecule has 0 atom stereocenters. The third-order valence-electron chi connectivity index (χ3n) is 0.899. The summed E-state index contributed by atoms with van der Waals surface area (Å²) in [7, 11) is 1.89. The van der Waals surface area contributed by atoms with Crippen LogP contribution in [0.4, 0.5) is 0 Å². The highest BCUT2D eigenvalue weighted by molar-refractivity contribution is 5.85. The van der Waals surface area contributed by atoms with E-state index < -0.39 is 0 Å². The van der Waals surface area contributed by atoms with Gasteiger partial charge in [-0.1, -0.05) is 0 Å². The standard InChI is InChI=1S/C5H9N3.2ClH/c1-6-4-5-7-2-3-8-5;;/h2-3,6H,4H2,1H3,(H,7,8);2*1H.